The molecule has 1 saturated heterocycles. The van der Waals surface area contributed by atoms with Crippen molar-refractivity contribution in [2.24, 2.45) is 0 Å². The van der Waals surface area contributed by atoms with Crippen LogP contribution < -0.4 is 4.74 Å². The number of hydrogen-bond donors (Lipinski definition) is 0. The van der Waals surface area contributed by atoms with Gasteiger partial charge in [0.1, 0.15) is 5.75 Å². The maximum absolute atomic E-state index is 13.7. The number of aromatic nitrogens is 1. The molecule has 1 fully saturated rings. The smallest absolute Gasteiger partial charge is 0.268 e. The van der Waals surface area contributed by atoms with Gasteiger partial charge in [-0.15, -0.1) is 0 Å². The molecule has 0 radical (unpaired) electrons. The highest BCUT2D eigenvalue weighted by Crippen LogP contribution is 2.31. The van der Waals surface area contributed by atoms with Crippen LogP contribution in [-0.2, 0) is 23.1 Å². The molecule has 4 aromatic rings. The minimum atomic E-state index is -3.74. The normalized spacial score (nSPS) is 15.5. The first-order valence-corrected chi connectivity index (χ1v) is 14.3. The molecular weight excluding hydrogens is 482 g/mol. The molecule has 1 aliphatic heterocycles. The third kappa shape index (κ3) is 5.44. The number of benzene rings is 3. The molecule has 2 heterocycles. The molecule has 3 aromatic carbocycles. The zero-order chi connectivity index (χ0) is 26.0. The highest BCUT2D eigenvalue weighted by atomic mass is 32.2. The minimum absolute atomic E-state index is 0.297. The van der Waals surface area contributed by atoms with E-state index in [9.17, 15) is 8.42 Å². The van der Waals surface area contributed by atoms with Crippen molar-refractivity contribution < 1.29 is 13.2 Å². The molecule has 6 nitrogen and oxygen atoms in total. The Morgan fingerprint density at radius 3 is 2.11 bits per heavy atom. The van der Waals surface area contributed by atoms with Crippen molar-refractivity contribution in [2.75, 3.05) is 33.3 Å². The molecule has 0 N–H and O–H groups in total. The highest BCUT2D eigenvalue weighted by molar-refractivity contribution is 7.90. The van der Waals surface area contributed by atoms with Gasteiger partial charge in [-0.05, 0) is 52.9 Å². The van der Waals surface area contributed by atoms with E-state index < -0.39 is 10.0 Å². The van der Waals surface area contributed by atoms with Crippen LogP contribution in [-0.4, -0.2) is 55.5 Å². The number of rotatable bonds is 8. The Morgan fingerprint density at radius 2 is 1.49 bits per heavy atom. The summed E-state index contributed by atoms with van der Waals surface area (Å²) in [5, 5.41) is 0.911. The van der Waals surface area contributed by atoms with E-state index in [1.54, 1.807) is 25.4 Å². The average molecular weight is 518 g/mol. The first-order valence-electron chi connectivity index (χ1n) is 12.9. The molecule has 0 amide bonds. The summed E-state index contributed by atoms with van der Waals surface area (Å²) in [4.78, 5) is 5.18. The summed E-state index contributed by atoms with van der Waals surface area (Å²) in [7, 11) is -2.11. The summed E-state index contributed by atoms with van der Waals surface area (Å²) in [5.41, 5.74) is 4.12. The monoisotopic (exact) mass is 517 g/mol. The van der Waals surface area contributed by atoms with Crippen LogP contribution >= 0.6 is 0 Å². The molecule has 0 aliphatic carbocycles. The van der Waals surface area contributed by atoms with Crippen molar-refractivity contribution in [1.82, 2.24) is 13.8 Å². The van der Waals surface area contributed by atoms with E-state index in [-0.39, 0.29) is 0 Å². The molecule has 0 saturated carbocycles. The molecule has 7 heteroatoms. The van der Waals surface area contributed by atoms with Crippen molar-refractivity contribution in [3.05, 3.63) is 95.7 Å². The van der Waals surface area contributed by atoms with Gasteiger partial charge in [-0.2, -0.15) is 0 Å². The number of nitrogens with zero attached hydrogens (tertiary/aromatic N) is 3. The van der Waals surface area contributed by atoms with Crippen LogP contribution in [0, 0.1) is 0 Å². The number of fused-ring (bicyclic) bond motifs is 1. The molecule has 1 aliphatic rings. The van der Waals surface area contributed by atoms with Crippen molar-refractivity contribution in [1.29, 1.82) is 0 Å². The molecular formula is C30H35N3O3S. The maximum Gasteiger partial charge on any atom is 0.268 e. The number of methoxy groups -OCH3 is 1. The van der Waals surface area contributed by atoms with E-state index in [1.165, 1.54) is 9.54 Å². The number of ether oxygens (including phenoxy) is 1. The molecule has 0 spiro atoms. The fraction of sp³-hybridized carbons (Fsp3) is 0.333. The second-order valence-corrected chi connectivity index (χ2v) is 11.9. The van der Waals surface area contributed by atoms with Gasteiger partial charge in [0.15, 0.2) is 0 Å². The first-order chi connectivity index (χ1) is 17.8. The summed E-state index contributed by atoms with van der Waals surface area (Å²) >= 11 is 0. The standard InChI is InChI=1S/C30H35N3O3S/c1-23(2)25-9-12-28(13-10-25)37(34,35)33-22-26(29-19-27(36-3)11-14-30(29)33)21-32-17-15-31(16-18-32)20-24-7-5-4-6-8-24/h4-14,19,22-23H,15-18,20-21H2,1-3H3. The lowest BCUT2D eigenvalue weighted by Gasteiger charge is -2.34. The lowest BCUT2D eigenvalue weighted by atomic mass is 10.0. The van der Waals surface area contributed by atoms with Crippen molar-refractivity contribution in [3.8, 4) is 5.75 Å². The average Bonchev–Trinajstić information content (AvgIpc) is 3.28. The molecule has 37 heavy (non-hydrogen) atoms. The summed E-state index contributed by atoms with van der Waals surface area (Å²) < 4.78 is 34.3. The Bertz CT molecular complexity index is 1450. The van der Waals surface area contributed by atoms with Gasteiger partial charge in [-0.3, -0.25) is 9.80 Å². The number of piperazine rings is 1. The van der Waals surface area contributed by atoms with Crippen LogP contribution in [0.2, 0.25) is 0 Å². The molecule has 5 rings (SSSR count). The quantitative estimate of drug-likeness (QED) is 0.316. The summed E-state index contributed by atoms with van der Waals surface area (Å²) in [6.07, 6.45) is 1.80. The van der Waals surface area contributed by atoms with Gasteiger partial charge >= 0.3 is 0 Å². The summed E-state index contributed by atoms with van der Waals surface area (Å²) in [6.45, 7) is 9.69. The van der Waals surface area contributed by atoms with Gasteiger partial charge in [0.05, 0.1) is 17.5 Å². The van der Waals surface area contributed by atoms with E-state index in [2.05, 4.69) is 47.9 Å². The SMILES string of the molecule is COc1ccc2c(c1)c(CN1CCN(Cc3ccccc3)CC1)cn2S(=O)(=O)c1ccc(C(C)C)cc1. The topological polar surface area (TPSA) is 54.8 Å². The molecule has 0 atom stereocenters. The summed E-state index contributed by atoms with van der Waals surface area (Å²) in [6, 6.07) is 23.4. The van der Waals surface area contributed by atoms with Gasteiger partial charge in [-0.1, -0.05) is 56.3 Å². The minimum Gasteiger partial charge on any atom is -0.497 e. The van der Waals surface area contributed by atoms with Crippen LogP contribution in [0.3, 0.4) is 0 Å². The van der Waals surface area contributed by atoms with E-state index in [0.29, 0.717) is 22.9 Å². The van der Waals surface area contributed by atoms with Crippen LogP contribution in [0.1, 0.15) is 36.5 Å². The Hall–Kier alpha value is -3.13. The van der Waals surface area contributed by atoms with Crippen molar-refractivity contribution in [3.63, 3.8) is 0 Å². The largest absolute Gasteiger partial charge is 0.497 e. The predicted octanol–water partition coefficient (Wildman–Crippen LogP) is 5.33. The third-order valence-corrected chi connectivity index (χ3v) is 8.96. The van der Waals surface area contributed by atoms with Crippen LogP contribution in [0.15, 0.2) is 83.9 Å². The van der Waals surface area contributed by atoms with Crippen LogP contribution in [0.5, 0.6) is 5.75 Å². The zero-order valence-electron chi connectivity index (χ0n) is 21.8. The second-order valence-electron chi connectivity index (χ2n) is 10.1. The van der Waals surface area contributed by atoms with Gasteiger partial charge in [0.2, 0.25) is 0 Å². The first kappa shape index (κ1) is 25.5. The lowest BCUT2D eigenvalue weighted by molar-refractivity contribution is 0.122. The van der Waals surface area contributed by atoms with Gasteiger partial charge in [0, 0.05) is 50.9 Å². The zero-order valence-corrected chi connectivity index (χ0v) is 22.6. The molecule has 0 unspecified atom stereocenters. The number of hydrogen-bond acceptors (Lipinski definition) is 5. The van der Waals surface area contributed by atoms with Gasteiger partial charge in [-0.25, -0.2) is 12.4 Å². The van der Waals surface area contributed by atoms with Crippen molar-refractivity contribution in [2.45, 2.75) is 37.8 Å². The second kappa shape index (κ2) is 10.7. The Kier molecular flexibility index (Phi) is 7.38. The van der Waals surface area contributed by atoms with E-state index in [4.69, 9.17) is 4.74 Å². The van der Waals surface area contributed by atoms with E-state index >= 15 is 0 Å². The lowest BCUT2D eigenvalue weighted by Crippen LogP contribution is -2.45. The van der Waals surface area contributed by atoms with Gasteiger partial charge < -0.3 is 4.74 Å². The van der Waals surface area contributed by atoms with E-state index in [0.717, 1.165) is 55.0 Å². The fourth-order valence-electron chi connectivity index (χ4n) is 5.02. The maximum atomic E-state index is 13.7. The van der Waals surface area contributed by atoms with Crippen LogP contribution in [0.25, 0.3) is 10.9 Å². The summed E-state index contributed by atoms with van der Waals surface area (Å²) in [5.74, 6) is 1.06. The highest BCUT2D eigenvalue weighted by Gasteiger charge is 2.24. The molecule has 0 bridgehead atoms. The predicted molar refractivity (Wildman–Crippen MR) is 149 cm³/mol. The fourth-order valence-corrected chi connectivity index (χ4v) is 6.41. The van der Waals surface area contributed by atoms with Crippen molar-refractivity contribution >= 4 is 20.9 Å². The molecule has 1 aromatic heterocycles. The molecule has 194 valence electrons. The third-order valence-electron chi connectivity index (χ3n) is 7.27. The Labute approximate surface area is 220 Å². The van der Waals surface area contributed by atoms with E-state index in [1.807, 2.05) is 36.4 Å². The van der Waals surface area contributed by atoms with Gasteiger partial charge in [0.25, 0.3) is 10.0 Å². The Balaban J connectivity index is 1.40. The van der Waals surface area contributed by atoms with Crippen LogP contribution in [0.4, 0.5) is 0 Å². The Morgan fingerprint density at radius 1 is 0.838 bits per heavy atom.